The van der Waals surface area contributed by atoms with Gasteiger partial charge in [0.2, 0.25) is 0 Å². The Morgan fingerprint density at radius 1 is 0.294 bits per heavy atom. The van der Waals surface area contributed by atoms with Gasteiger partial charge in [0.25, 0.3) is 6.71 Å². The quantitative estimate of drug-likeness (QED) is 0.149. The van der Waals surface area contributed by atoms with Crippen LogP contribution in [0.2, 0.25) is 0 Å². The lowest BCUT2D eigenvalue weighted by Crippen LogP contribution is -2.58. The van der Waals surface area contributed by atoms with Gasteiger partial charge in [0.1, 0.15) is 23.0 Å². The SMILES string of the molecule is c1ccc(N(c2ccccc2)c2cc3c(c4ccccc24)B2c4c(cccc4Oc4cc(N(c5ccccc5)c5ccc6c7ccccc7n(-c7ccccc7)c6c5)c5ccccc5c42)O3)cc1. The number of hydrogen-bond donors (Lipinski definition) is 0. The Morgan fingerprint density at radius 3 is 1.25 bits per heavy atom. The van der Waals surface area contributed by atoms with Crippen LogP contribution in [-0.4, -0.2) is 11.3 Å². The summed E-state index contributed by atoms with van der Waals surface area (Å²) in [6, 6.07) is 86.6. The van der Waals surface area contributed by atoms with Crippen LogP contribution in [0.5, 0.6) is 23.0 Å². The molecule has 0 aliphatic carbocycles. The Balaban J connectivity index is 1.01. The number of benzene rings is 11. The molecule has 11 aromatic carbocycles. The van der Waals surface area contributed by atoms with Gasteiger partial charge in [-0.05, 0) is 101 Å². The second-order valence-corrected chi connectivity index (χ2v) is 17.6. The molecule has 0 unspecified atom stereocenters. The van der Waals surface area contributed by atoms with Gasteiger partial charge in [0.15, 0.2) is 0 Å². The first-order valence-electron chi connectivity index (χ1n) is 23.2. The van der Waals surface area contributed by atoms with Crippen LogP contribution in [0.1, 0.15) is 0 Å². The van der Waals surface area contributed by atoms with Gasteiger partial charge in [0.05, 0.1) is 22.4 Å². The predicted octanol–water partition coefficient (Wildman–Crippen LogP) is 14.8. The Labute approximate surface area is 394 Å². The summed E-state index contributed by atoms with van der Waals surface area (Å²) in [6.07, 6.45) is 0. The van der Waals surface area contributed by atoms with Crippen LogP contribution in [-0.2, 0) is 0 Å². The van der Waals surface area contributed by atoms with Gasteiger partial charge in [-0.25, -0.2) is 0 Å². The summed E-state index contributed by atoms with van der Waals surface area (Å²) in [5.74, 6) is 3.26. The Kier molecular flexibility index (Phi) is 8.61. The molecule has 3 heterocycles. The van der Waals surface area contributed by atoms with Gasteiger partial charge < -0.3 is 23.8 Å². The van der Waals surface area contributed by atoms with Crippen molar-refractivity contribution < 1.29 is 9.47 Å². The number of rotatable bonds is 7. The van der Waals surface area contributed by atoms with Crippen molar-refractivity contribution in [3.05, 3.63) is 243 Å². The second kappa shape index (κ2) is 15.3. The molecule has 0 bridgehead atoms. The molecule has 6 heteroatoms. The minimum Gasteiger partial charge on any atom is -0.458 e. The third-order valence-electron chi connectivity index (χ3n) is 13.8. The van der Waals surface area contributed by atoms with E-state index in [1.165, 1.54) is 16.3 Å². The van der Waals surface area contributed by atoms with Crippen molar-refractivity contribution in [3.8, 4) is 28.7 Å². The minimum absolute atomic E-state index is 0.184. The highest BCUT2D eigenvalue weighted by Crippen LogP contribution is 2.47. The number of aromatic nitrogens is 1. The first-order valence-corrected chi connectivity index (χ1v) is 23.2. The molecular formula is C62H40BN3O2. The van der Waals surface area contributed by atoms with Gasteiger partial charge in [-0.2, -0.15) is 0 Å². The number of hydrogen-bond acceptors (Lipinski definition) is 4. The van der Waals surface area contributed by atoms with Crippen LogP contribution in [0.15, 0.2) is 243 Å². The van der Waals surface area contributed by atoms with E-state index in [1.807, 2.05) is 6.07 Å². The maximum Gasteiger partial charge on any atom is 0.262 e. The van der Waals surface area contributed by atoms with E-state index in [-0.39, 0.29) is 6.71 Å². The summed E-state index contributed by atoms with van der Waals surface area (Å²) in [4.78, 5) is 4.73. The van der Waals surface area contributed by atoms with Crippen LogP contribution >= 0.6 is 0 Å². The summed E-state index contributed by atoms with van der Waals surface area (Å²) >= 11 is 0. The highest BCUT2D eigenvalue weighted by Gasteiger charge is 2.43. The normalized spacial score (nSPS) is 12.3. The summed E-state index contributed by atoms with van der Waals surface area (Å²) < 4.78 is 16.6. The number of nitrogens with zero attached hydrogens (tertiary/aromatic N) is 3. The number of fused-ring (bicyclic) bond motifs is 11. The van der Waals surface area contributed by atoms with E-state index in [0.717, 1.165) is 106 Å². The lowest BCUT2D eigenvalue weighted by atomic mass is 9.33. The molecule has 5 nitrogen and oxygen atoms in total. The van der Waals surface area contributed by atoms with E-state index in [1.54, 1.807) is 0 Å². The van der Waals surface area contributed by atoms with Crippen LogP contribution in [0.4, 0.5) is 34.1 Å². The number of anilines is 6. The fourth-order valence-corrected chi connectivity index (χ4v) is 11.0. The molecule has 2 aliphatic heterocycles. The molecule has 318 valence electrons. The zero-order chi connectivity index (χ0) is 44.7. The van der Waals surface area contributed by atoms with E-state index >= 15 is 0 Å². The van der Waals surface area contributed by atoms with Crippen molar-refractivity contribution >= 4 is 101 Å². The van der Waals surface area contributed by atoms with Gasteiger partial charge in [-0.1, -0.05) is 152 Å². The fourth-order valence-electron chi connectivity index (χ4n) is 11.0. The third kappa shape index (κ3) is 5.84. The van der Waals surface area contributed by atoms with E-state index in [9.17, 15) is 0 Å². The Bertz CT molecular complexity index is 3890. The summed E-state index contributed by atoms with van der Waals surface area (Å²) in [7, 11) is 0. The first-order chi connectivity index (χ1) is 33.8. The summed E-state index contributed by atoms with van der Waals surface area (Å²) in [6.45, 7) is -0.184. The van der Waals surface area contributed by atoms with E-state index < -0.39 is 0 Å². The Morgan fingerprint density at radius 2 is 0.721 bits per heavy atom. The molecule has 0 spiro atoms. The zero-order valence-electron chi connectivity index (χ0n) is 36.8. The van der Waals surface area contributed by atoms with Crippen LogP contribution < -0.4 is 35.7 Å². The van der Waals surface area contributed by atoms with Crippen molar-refractivity contribution in [1.29, 1.82) is 0 Å². The summed E-state index contributed by atoms with van der Waals surface area (Å²) in [5, 5.41) is 6.95. The molecule has 14 rings (SSSR count). The third-order valence-corrected chi connectivity index (χ3v) is 13.8. The summed E-state index contributed by atoms with van der Waals surface area (Å²) in [5.41, 5.74) is 13.0. The lowest BCUT2D eigenvalue weighted by molar-refractivity contribution is 0.465. The average Bonchev–Trinajstić information content (AvgIpc) is 3.73. The lowest BCUT2D eigenvalue weighted by Gasteiger charge is -2.37. The number of para-hydroxylation sites is 5. The standard InChI is InChI=1S/C62H40BN3O2/c1-5-20-41(21-6-1)64(42-22-7-2-8-23-42)54-39-58-60(50-31-15-13-29-47(50)54)63-61-51-32-16-14-30-48(51)55(40-59(61)68-57-35-19-34-56(67-58)62(57)63)65(43-24-9-3-10-25-43)45-36-37-49-46-28-17-18-33-52(46)66(53(49)38-45)44-26-11-4-12-27-44/h1-40H. The van der Waals surface area contributed by atoms with Gasteiger partial charge >= 0.3 is 0 Å². The van der Waals surface area contributed by atoms with E-state index in [2.05, 4.69) is 251 Å². The second-order valence-electron chi connectivity index (χ2n) is 17.6. The van der Waals surface area contributed by atoms with Crippen molar-refractivity contribution in [2.75, 3.05) is 9.80 Å². The molecule has 0 amide bonds. The maximum atomic E-state index is 7.17. The molecule has 2 aliphatic rings. The number of ether oxygens (including phenoxy) is 2. The molecule has 0 saturated heterocycles. The molecule has 0 radical (unpaired) electrons. The fraction of sp³-hybridized carbons (Fsp3) is 0. The van der Waals surface area contributed by atoms with E-state index in [0.29, 0.717) is 0 Å². The molecular weight excluding hydrogens is 830 g/mol. The van der Waals surface area contributed by atoms with Crippen molar-refractivity contribution in [2.24, 2.45) is 0 Å². The zero-order valence-corrected chi connectivity index (χ0v) is 36.8. The first kappa shape index (κ1) is 38.3. The highest BCUT2D eigenvalue weighted by molar-refractivity contribution is 7.01. The molecule has 0 fully saturated rings. The highest BCUT2D eigenvalue weighted by atomic mass is 16.5. The Hall–Kier alpha value is -9.00. The molecule has 1 aromatic heterocycles. The van der Waals surface area contributed by atoms with Gasteiger partial charge in [-0.3, -0.25) is 0 Å². The largest absolute Gasteiger partial charge is 0.458 e. The van der Waals surface area contributed by atoms with Crippen LogP contribution in [0, 0.1) is 0 Å². The molecule has 0 N–H and O–H groups in total. The van der Waals surface area contributed by atoms with Crippen molar-refractivity contribution in [1.82, 2.24) is 4.57 Å². The van der Waals surface area contributed by atoms with Gasteiger partial charge in [-0.15, -0.1) is 0 Å². The molecule has 0 saturated carbocycles. The smallest absolute Gasteiger partial charge is 0.262 e. The van der Waals surface area contributed by atoms with Crippen LogP contribution in [0.3, 0.4) is 0 Å². The van der Waals surface area contributed by atoms with Crippen molar-refractivity contribution in [3.63, 3.8) is 0 Å². The topological polar surface area (TPSA) is 29.9 Å². The molecule has 0 atom stereocenters. The molecule has 12 aromatic rings. The predicted molar refractivity (Wildman–Crippen MR) is 283 cm³/mol. The average molecular weight is 870 g/mol. The van der Waals surface area contributed by atoms with Gasteiger partial charge in [0, 0.05) is 67.6 Å². The maximum absolute atomic E-state index is 7.17. The van der Waals surface area contributed by atoms with Crippen LogP contribution in [0.25, 0.3) is 49.0 Å². The minimum atomic E-state index is -0.184. The van der Waals surface area contributed by atoms with Crippen molar-refractivity contribution in [2.45, 2.75) is 0 Å². The molecule has 68 heavy (non-hydrogen) atoms. The monoisotopic (exact) mass is 869 g/mol. The van der Waals surface area contributed by atoms with E-state index in [4.69, 9.17) is 9.47 Å².